The second kappa shape index (κ2) is 10.3. The van der Waals surface area contributed by atoms with Gasteiger partial charge >= 0.3 is 0 Å². The maximum atomic E-state index is 13.6. The van der Waals surface area contributed by atoms with Crippen molar-refractivity contribution in [2.75, 3.05) is 45.9 Å². The summed E-state index contributed by atoms with van der Waals surface area (Å²) < 4.78 is 21.0. The molecule has 5 rings (SSSR count). The van der Waals surface area contributed by atoms with Crippen molar-refractivity contribution in [3.63, 3.8) is 0 Å². The fourth-order valence-electron chi connectivity index (χ4n) is 4.78. The lowest BCUT2D eigenvalue weighted by Crippen LogP contribution is -2.47. The first-order chi connectivity index (χ1) is 17.0. The molecule has 1 saturated heterocycles. The first-order valence-corrected chi connectivity index (χ1v) is 12.3. The minimum absolute atomic E-state index is 0.0126. The van der Waals surface area contributed by atoms with Crippen molar-refractivity contribution in [3.8, 4) is 0 Å². The molecule has 9 heteroatoms. The van der Waals surface area contributed by atoms with E-state index >= 15 is 0 Å². The van der Waals surface area contributed by atoms with Crippen molar-refractivity contribution in [3.05, 3.63) is 59.7 Å². The standard InChI is InChI=1S/C26H32FN5O3/c1-29-10-2-3-23(29)22-17-24(19-6-8-21(27)9-7-19)32(28-22)25(33)18-31(26(34)20-4-5-20)12-11-30-13-15-35-16-14-30/h2-3,6-10,20,24H,4-5,11-18H2,1H3. The molecule has 35 heavy (non-hydrogen) atoms. The van der Waals surface area contributed by atoms with Crippen LogP contribution in [0.25, 0.3) is 0 Å². The van der Waals surface area contributed by atoms with Gasteiger partial charge in [0.05, 0.1) is 30.7 Å². The van der Waals surface area contributed by atoms with Crippen LogP contribution in [0.5, 0.6) is 0 Å². The molecule has 1 unspecified atom stereocenters. The third-order valence-electron chi connectivity index (χ3n) is 7.01. The molecule has 0 radical (unpaired) electrons. The van der Waals surface area contributed by atoms with Crippen LogP contribution in [0.2, 0.25) is 0 Å². The highest BCUT2D eigenvalue weighted by Gasteiger charge is 2.38. The number of carbonyl (C=O) groups is 2. The van der Waals surface area contributed by atoms with E-state index in [0.29, 0.717) is 32.7 Å². The van der Waals surface area contributed by atoms with Crippen LogP contribution in [0, 0.1) is 11.7 Å². The van der Waals surface area contributed by atoms with Gasteiger partial charge in [-0.3, -0.25) is 14.5 Å². The van der Waals surface area contributed by atoms with Gasteiger partial charge in [-0.05, 0) is 42.7 Å². The Morgan fingerprint density at radius 2 is 1.89 bits per heavy atom. The smallest absolute Gasteiger partial charge is 0.262 e. The topological polar surface area (TPSA) is 70.4 Å². The Balaban J connectivity index is 1.35. The molecule has 8 nitrogen and oxygen atoms in total. The minimum atomic E-state index is -0.342. The molecule has 1 aromatic heterocycles. The van der Waals surface area contributed by atoms with Crippen molar-refractivity contribution in [1.29, 1.82) is 0 Å². The maximum absolute atomic E-state index is 13.6. The number of halogens is 1. The number of aromatic nitrogens is 1. The highest BCUT2D eigenvalue weighted by atomic mass is 19.1. The molecule has 1 saturated carbocycles. The first-order valence-electron chi connectivity index (χ1n) is 12.3. The number of hydrogen-bond acceptors (Lipinski definition) is 5. The van der Waals surface area contributed by atoms with Crippen molar-refractivity contribution in [1.82, 2.24) is 19.4 Å². The van der Waals surface area contributed by atoms with Gasteiger partial charge in [0.25, 0.3) is 5.91 Å². The Labute approximate surface area is 204 Å². The molecular weight excluding hydrogens is 449 g/mol. The lowest BCUT2D eigenvalue weighted by molar-refractivity contribution is -0.142. The van der Waals surface area contributed by atoms with Crippen LogP contribution in [0.15, 0.2) is 47.7 Å². The zero-order valence-electron chi connectivity index (χ0n) is 20.1. The van der Waals surface area contributed by atoms with Gasteiger partial charge in [-0.1, -0.05) is 12.1 Å². The highest BCUT2D eigenvalue weighted by molar-refractivity contribution is 6.02. The van der Waals surface area contributed by atoms with Gasteiger partial charge in [0.1, 0.15) is 12.4 Å². The molecule has 2 aromatic rings. The predicted molar refractivity (Wildman–Crippen MR) is 129 cm³/mol. The predicted octanol–water partition coefficient (Wildman–Crippen LogP) is 2.41. The van der Waals surface area contributed by atoms with E-state index in [1.807, 2.05) is 29.9 Å². The summed E-state index contributed by atoms with van der Waals surface area (Å²) in [6, 6.07) is 9.79. The summed E-state index contributed by atoms with van der Waals surface area (Å²) in [5.41, 5.74) is 2.56. The number of ether oxygens (including phenoxy) is 1. The van der Waals surface area contributed by atoms with Crippen LogP contribution in [-0.2, 0) is 21.4 Å². The number of aryl methyl sites for hydroxylation is 1. The first kappa shape index (κ1) is 23.7. The molecule has 186 valence electrons. The van der Waals surface area contributed by atoms with Gasteiger partial charge < -0.3 is 14.2 Å². The molecule has 2 amide bonds. The van der Waals surface area contributed by atoms with E-state index in [1.54, 1.807) is 17.0 Å². The van der Waals surface area contributed by atoms with E-state index in [1.165, 1.54) is 17.1 Å². The number of carbonyl (C=O) groups excluding carboxylic acids is 2. The summed E-state index contributed by atoms with van der Waals surface area (Å²) in [5.74, 6) is -0.464. The summed E-state index contributed by atoms with van der Waals surface area (Å²) in [6.45, 7) is 4.27. The van der Waals surface area contributed by atoms with Crippen molar-refractivity contribution < 1.29 is 18.7 Å². The van der Waals surface area contributed by atoms with Crippen LogP contribution in [0.1, 0.15) is 36.6 Å². The number of morpholine rings is 1. The number of hydrogen-bond donors (Lipinski definition) is 0. The van der Waals surface area contributed by atoms with Crippen LogP contribution in [0.3, 0.4) is 0 Å². The molecule has 0 spiro atoms. The molecule has 0 N–H and O–H groups in total. The van der Waals surface area contributed by atoms with Gasteiger partial charge in [-0.15, -0.1) is 0 Å². The third-order valence-corrected chi connectivity index (χ3v) is 7.01. The maximum Gasteiger partial charge on any atom is 0.262 e. The molecule has 3 aliphatic rings. The molecule has 1 atom stereocenters. The normalized spacial score (nSPS) is 20.7. The molecule has 1 aliphatic carbocycles. The Morgan fingerprint density at radius 3 is 2.54 bits per heavy atom. The second-order valence-electron chi connectivity index (χ2n) is 9.55. The Kier molecular flexibility index (Phi) is 6.97. The summed E-state index contributed by atoms with van der Waals surface area (Å²) in [4.78, 5) is 30.6. The van der Waals surface area contributed by atoms with Gasteiger partial charge in [0.2, 0.25) is 5.91 Å². The van der Waals surface area contributed by atoms with E-state index in [2.05, 4.69) is 4.90 Å². The van der Waals surface area contributed by atoms with E-state index in [-0.39, 0.29) is 36.1 Å². The van der Waals surface area contributed by atoms with Gasteiger partial charge in [-0.25, -0.2) is 9.40 Å². The van der Waals surface area contributed by atoms with Crippen LogP contribution >= 0.6 is 0 Å². The Morgan fingerprint density at radius 1 is 1.14 bits per heavy atom. The fourth-order valence-corrected chi connectivity index (χ4v) is 4.78. The minimum Gasteiger partial charge on any atom is -0.379 e. The number of amides is 2. The Bertz CT molecular complexity index is 1090. The summed E-state index contributed by atoms with van der Waals surface area (Å²) in [5, 5.41) is 6.21. The second-order valence-corrected chi connectivity index (χ2v) is 9.55. The molecule has 2 fully saturated rings. The molecular formula is C26H32FN5O3. The fraction of sp³-hybridized carbons (Fsp3) is 0.500. The molecule has 1 aromatic carbocycles. The number of benzene rings is 1. The monoisotopic (exact) mass is 481 g/mol. The van der Waals surface area contributed by atoms with Crippen molar-refractivity contribution in [2.24, 2.45) is 18.1 Å². The van der Waals surface area contributed by atoms with Crippen molar-refractivity contribution in [2.45, 2.75) is 25.3 Å². The average Bonchev–Trinajstić information content (AvgIpc) is 3.49. The summed E-state index contributed by atoms with van der Waals surface area (Å²) >= 11 is 0. The lowest BCUT2D eigenvalue weighted by Gasteiger charge is -2.31. The number of hydrazone groups is 1. The lowest BCUT2D eigenvalue weighted by atomic mass is 10.0. The SMILES string of the molecule is Cn1cccc1C1=NN(C(=O)CN(CCN2CCOCC2)C(=O)C2CC2)C(c2ccc(F)cc2)C1. The highest BCUT2D eigenvalue weighted by Crippen LogP contribution is 2.34. The van der Waals surface area contributed by atoms with E-state index < -0.39 is 0 Å². The van der Waals surface area contributed by atoms with Gasteiger partial charge in [0.15, 0.2) is 0 Å². The van der Waals surface area contributed by atoms with Crippen LogP contribution in [0.4, 0.5) is 4.39 Å². The third kappa shape index (κ3) is 5.46. The zero-order chi connectivity index (χ0) is 24.4. The average molecular weight is 482 g/mol. The van der Waals surface area contributed by atoms with Gasteiger partial charge in [-0.2, -0.15) is 5.10 Å². The molecule has 2 aliphatic heterocycles. The summed E-state index contributed by atoms with van der Waals surface area (Å²) in [6.07, 6.45) is 4.24. The van der Waals surface area contributed by atoms with E-state index in [4.69, 9.17) is 9.84 Å². The largest absolute Gasteiger partial charge is 0.379 e. The van der Waals surface area contributed by atoms with Crippen molar-refractivity contribution >= 4 is 17.5 Å². The van der Waals surface area contributed by atoms with E-state index in [0.717, 1.165) is 42.9 Å². The Hall–Kier alpha value is -3.04. The van der Waals surface area contributed by atoms with Crippen LogP contribution in [-0.4, -0.2) is 82.8 Å². The summed E-state index contributed by atoms with van der Waals surface area (Å²) in [7, 11) is 1.94. The van der Waals surface area contributed by atoms with Gasteiger partial charge in [0, 0.05) is 51.8 Å². The zero-order valence-corrected chi connectivity index (χ0v) is 20.1. The van der Waals surface area contributed by atoms with Crippen LogP contribution < -0.4 is 0 Å². The number of rotatable bonds is 8. The molecule has 3 heterocycles. The number of nitrogens with zero attached hydrogens (tertiary/aromatic N) is 5. The van der Waals surface area contributed by atoms with E-state index in [9.17, 15) is 14.0 Å². The quantitative estimate of drug-likeness (QED) is 0.581. The molecule has 0 bridgehead atoms.